The van der Waals surface area contributed by atoms with Gasteiger partial charge < -0.3 is 9.84 Å². The topological polar surface area (TPSA) is 29.5 Å². The van der Waals surface area contributed by atoms with Crippen molar-refractivity contribution in [2.24, 2.45) is 0 Å². The van der Waals surface area contributed by atoms with Crippen LogP contribution in [0.4, 0.5) is 0 Å². The molecule has 0 aromatic heterocycles. The van der Waals surface area contributed by atoms with Gasteiger partial charge in [-0.1, -0.05) is 13.0 Å². The van der Waals surface area contributed by atoms with Crippen molar-refractivity contribution in [3.8, 4) is 5.75 Å². The van der Waals surface area contributed by atoms with Crippen LogP contribution in [-0.2, 0) is 6.42 Å². The quantitative estimate of drug-likeness (QED) is 0.816. The molecule has 0 saturated carbocycles. The summed E-state index contributed by atoms with van der Waals surface area (Å²) >= 11 is 1.88. The molecule has 1 aromatic carbocycles. The standard InChI is InChI=1S/C14H20O2S/c1-2-17-9-8-16-12-7-6-11-4-3-5-14(15)13(11)10-12/h6-7,10,14-15H,2-5,8-9H2,1H3/t14-/m1/s1. The summed E-state index contributed by atoms with van der Waals surface area (Å²) in [6, 6.07) is 6.13. The SMILES string of the molecule is CCSCCOc1ccc2c(c1)[C@H](O)CCC2. The van der Waals surface area contributed by atoms with E-state index < -0.39 is 0 Å². The van der Waals surface area contributed by atoms with Crippen molar-refractivity contribution < 1.29 is 9.84 Å². The molecule has 0 fully saturated rings. The maximum atomic E-state index is 9.94. The van der Waals surface area contributed by atoms with Crippen molar-refractivity contribution >= 4 is 11.8 Å². The molecule has 1 aromatic rings. The number of hydrogen-bond donors (Lipinski definition) is 1. The van der Waals surface area contributed by atoms with Gasteiger partial charge in [-0.05, 0) is 48.3 Å². The third kappa shape index (κ3) is 3.39. The average molecular weight is 252 g/mol. The molecule has 1 N–H and O–H groups in total. The summed E-state index contributed by atoms with van der Waals surface area (Å²) < 4.78 is 5.69. The first-order chi connectivity index (χ1) is 8.31. The molecule has 3 heteroatoms. The molecule has 0 amide bonds. The Morgan fingerprint density at radius 1 is 1.47 bits per heavy atom. The van der Waals surface area contributed by atoms with Crippen LogP contribution in [0.2, 0.25) is 0 Å². The van der Waals surface area contributed by atoms with E-state index in [0.29, 0.717) is 0 Å². The monoisotopic (exact) mass is 252 g/mol. The fourth-order valence-electron chi connectivity index (χ4n) is 2.20. The lowest BCUT2D eigenvalue weighted by Gasteiger charge is -2.21. The first-order valence-electron chi connectivity index (χ1n) is 6.32. The highest BCUT2D eigenvalue weighted by Crippen LogP contribution is 2.32. The Morgan fingerprint density at radius 2 is 2.35 bits per heavy atom. The molecule has 0 aliphatic heterocycles. The Bertz CT molecular complexity index is 365. The number of thioether (sulfide) groups is 1. The minimum Gasteiger partial charge on any atom is -0.493 e. The third-order valence-electron chi connectivity index (χ3n) is 3.10. The minimum absolute atomic E-state index is 0.299. The molecule has 94 valence electrons. The average Bonchev–Trinajstić information content (AvgIpc) is 2.36. The third-order valence-corrected chi connectivity index (χ3v) is 3.96. The van der Waals surface area contributed by atoms with E-state index in [1.807, 2.05) is 23.9 Å². The van der Waals surface area contributed by atoms with E-state index in [0.717, 1.165) is 48.7 Å². The number of fused-ring (bicyclic) bond motifs is 1. The summed E-state index contributed by atoms with van der Waals surface area (Å²) in [7, 11) is 0. The smallest absolute Gasteiger partial charge is 0.119 e. The first-order valence-corrected chi connectivity index (χ1v) is 7.48. The summed E-state index contributed by atoms with van der Waals surface area (Å²) in [5.41, 5.74) is 2.34. The van der Waals surface area contributed by atoms with Crippen LogP contribution in [0.25, 0.3) is 0 Å². The number of ether oxygens (including phenoxy) is 1. The van der Waals surface area contributed by atoms with Crippen molar-refractivity contribution in [1.29, 1.82) is 0 Å². The van der Waals surface area contributed by atoms with Crippen molar-refractivity contribution in [2.45, 2.75) is 32.3 Å². The van der Waals surface area contributed by atoms with E-state index in [-0.39, 0.29) is 6.10 Å². The number of aliphatic hydroxyl groups is 1. The molecule has 1 aliphatic rings. The lowest BCUT2D eigenvalue weighted by Crippen LogP contribution is -2.09. The Labute approximate surface area is 107 Å². The normalized spacial score (nSPS) is 18.8. The first kappa shape index (κ1) is 12.8. The van der Waals surface area contributed by atoms with E-state index in [1.54, 1.807) is 0 Å². The van der Waals surface area contributed by atoms with Gasteiger partial charge in [0.25, 0.3) is 0 Å². The van der Waals surface area contributed by atoms with Crippen molar-refractivity contribution in [1.82, 2.24) is 0 Å². The van der Waals surface area contributed by atoms with Gasteiger partial charge in [-0.15, -0.1) is 0 Å². The maximum absolute atomic E-state index is 9.94. The van der Waals surface area contributed by atoms with Crippen LogP contribution in [-0.4, -0.2) is 23.2 Å². The molecule has 2 rings (SSSR count). The summed E-state index contributed by atoms with van der Waals surface area (Å²) in [5.74, 6) is 3.05. The van der Waals surface area contributed by atoms with Gasteiger partial charge in [-0.25, -0.2) is 0 Å². The summed E-state index contributed by atoms with van der Waals surface area (Å²) in [6.45, 7) is 2.90. The molecule has 1 aliphatic carbocycles. The number of benzene rings is 1. The lowest BCUT2D eigenvalue weighted by molar-refractivity contribution is 0.156. The summed E-state index contributed by atoms with van der Waals surface area (Å²) in [5, 5.41) is 9.94. The predicted octanol–water partition coefficient (Wildman–Crippen LogP) is 3.19. The highest BCUT2D eigenvalue weighted by molar-refractivity contribution is 7.99. The second-order valence-electron chi connectivity index (χ2n) is 4.31. The van der Waals surface area contributed by atoms with Crippen molar-refractivity contribution in [3.63, 3.8) is 0 Å². The molecular weight excluding hydrogens is 232 g/mol. The van der Waals surface area contributed by atoms with E-state index in [4.69, 9.17) is 4.74 Å². The Balaban J connectivity index is 1.97. The number of aryl methyl sites for hydroxylation is 1. The second kappa shape index (κ2) is 6.31. The second-order valence-corrected chi connectivity index (χ2v) is 5.71. The van der Waals surface area contributed by atoms with Crippen LogP contribution in [0.15, 0.2) is 18.2 Å². The minimum atomic E-state index is -0.299. The van der Waals surface area contributed by atoms with Crippen LogP contribution < -0.4 is 4.74 Å². The lowest BCUT2D eigenvalue weighted by atomic mass is 9.89. The fraction of sp³-hybridized carbons (Fsp3) is 0.571. The zero-order valence-electron chi connectivity index (χ0n) is 10.3. The predicted molar refractivity (Wildman–Crippen MR) is 72.8 cm³/mol. The Hall–Kier alpha value is -0.670. The molecule has 0 saturated heterocycles. The van der Waals surface area contributed by atoms with Gasteiger partial charge in [0, 0.05) is 5.75 Å². The van der Waals surface area contributed by atoms with Crippen molar-refractivity contribution in [2.75, 3.05) is 18.1 Å². The van der Waals surface area contributed by atoms with E-state index in [9.17, 15) is 5.11 Å². The Morgan fingerprint density at radius 3 is 3.18 bits per heavy atom. The van der Waals surface area contributed by atoms with E-state index in [1.165, 1.54) is 5.56 Å². The molecule has 0 spiro atoms. The molecule has 0 bridgehead atoms. The molecule has 2 nitrogen and oxygen atoms in total. The summed E-state index contributed by atoms with van der Waals surface area (Å²) in [6.07, 6.45) is 2.74. The van der Waals surface area contributed by atoms with Gasteiger partial charge in [-0.3, -0.25) is 0 Å². The van der Waals surface area contributed by atoms with Crippen molar-refractivity contribution in [3.05, 3.63) is 29.3 Å². The van der Waals surface area contributed by atoms with Crippen LogP contribution >= 0.6 is 11.8 Å². The van der Waals surface area contributed by atoms with Crippen LogP contribution in [0.3, 0.4) is 0 Å². The Kier molecular flexibility index (Phi) is 4.75. The van der Waals surface area contributed by atoms with Gasteiger partial charge in [0.1, 0.15) is 5.75 Å². The largest absolute Gasteiger partial charge is 0.493 e. The van der Waals surface area contributed by atoms with Crippen LogP contribution in [0.5, 0.6) is 5.75 Å². The zero-order chi connectivity index (χ0) is 12.1. The molecule has 0 heterocycles. The fourth-order valence-corrected chi connectivity index (χ4v) is 2.69. The van der Waals surface area contributed by atoms with E-state index in [2.05, 4.69) is 13.0 Å². The van der Waals surface area contributed by atoms with Gasteiger partial charge in [0.15, 0.2) is 0 Å². The van der Waals surface area contributed by atoms with Crippen LogP contribution in [0.1, 0.15) is 37.0 Å². The highest BCUT2D eigenvalue weighted by atomic mass is 32.2. The molecule has 0 radical (unpaired) electrons. The van der Waals surface area contributed by atoms with E-state index >= 15 is 0 Å². The van der Waals surface area contributed by atoms with Crippen LogP contribution in [0, 0.1) is 0 Å². The number of hydrogen-bond acceptors (Lipinski definition) is 3. The molecule has 1 atom stereocenters. The molecule has 17 heavy (non-hydrogen) atoms. The zero-order valence-corrected chi connectivity index (χ0v) is 11.1. The molecule has 0 unspecified atom stereocenters. The highest BCUT2D eigenvalue weighted by Gasteiger charge is 2.18. The van der Waals surface area contributed by atoms with Gasteiger partial charge in [0.05, 0.1) is 12.7 Å². The maximum Gasteiger partial charge on any atom is 0.119 e. The van der Waals surface area contributed by atoms with Gasteiger partial charge in [-0.2, -0.15) is 11.8 Å². The van der Waals surface area contributed by atoms with Gasteiger partial charge in [0.2, 0.25) is 0 Å². The van der Waals surface area contributed by atoms with Gasteiger partial charge >= 0.3 is 0 Å². The number of rotatable bonds is 5. The summed E-state index contributed by atoms with van der Waals surface area (Å²) in [4.78, 5) is 0. The number of aliphatic hydroxyl groups excluding tert-OH is 1. The molecular formula is C14H20O2S.